The maximum absolute atomic E-state index is 13.2. The summed E-state index contributed by atoms with van der Waals surface area (Å²) in [5.74, 6) is 0.430. The van der Waals surface area contributed by atoms with Gasteiger partial charge in [0.25, 0.3) is 11.1 Å². The van der Waals surface area contributed by atoms with Gasteiger partial charge in [-0.15, -0.1) is 0 Å². The molecule has 1 saturated heterocycles. The van der Waals surface area contributed by atoms with Gasteiger partial charge in [0.15, 0.2) is 11.5 Å². The number of thioether (sulfide) groups is 1. The van der Waals surface area contributed by atoms with Crippen LogP contribution in [-0.4, -0.2) is 46.5 Å². The highest BCUT2D eigenvalue weighted by atomic mass is 32.2. The normalized spacial score (nSPS) is 15.8. The number of rotatable bonds is 8. The lowest BCUT2D eigenvalue weighted by Gasteiger charge is -2.29. The van der Waals surface area contributed by atoms with Gasteiger partial charge in [-0.1, -0.05) is 72.8 Å². The molecule has 1 fully saturated rings. The van der Waals surface area contributed by atoms with E-state index in [2.05, 4.69) is 24.3 Å². The smallest absolute Gasteiger partial charge is 0.294 e. The van der Waals surface area contributed by atoms with Gasteiger partial charge in [-0.2, -0.15) is 0 Å². The van der Waals surface area contributed by atoms with Crippen LogP contribution in [0.2, 0.25) is 0 Å². The fraction of sp³-hybridized carbons (Fsp3) is 0.206. The van der Waals surface area contributed by atoms with Crippen molar-refractivity contribution in [2.24, 2.45) is 0 Å². The number of hydrogen-bond donors (Lipinski definition) is 0. The maximum Gasteiger partial charge on any atom is 0.294 e. The lowest BCUT2D eigenvalue weighted by atomic mass is 10.00. The van der Waals surface area contributed by atoms with Crippen molar-refractivity contribution in [2.75, 3.05) is 19.7 Å². The molecule has 42 heavy (non-hydrogen) atoms. The van der Waals surface area contributed by atoms with Crippen molar-refractivity contribution in [3.8, 4) is 11.5 Å². The minimum absolute atomic E-state index is 0.237. The molecule has 2 heterocycles. The monoisotopic (exact) mass is 578 g/mol. The Balaban J connectivity index is 1.14. The van der Waals surface area contributed by atoms with Crippen LogP contribution in [0.25, 0.3) is 16.8 Å². The van der Waals surface area contributed by atoms with Crippen LogP contribution < -0.4 is 9.47 Å². The summed E-state index contributed by atoms with van der Waals surface area (Å²) >= 11 is 0.842. The van der Waals surface area contributed by atoms with Crippen molar-refractivity contribution in [1.29, 1.82) is 0 Å². The van der Waals surface area contributed by atoms with Crippen molar-refractivity contribution in [3.63, 3.8) is 0 Å². The Morgan fingerprint density at radius 3 is 2.55 bits per heavy atom. The van der Waals surface area contributed by atoms with E-state index in [0.717, 1.165) is 45.0 Å². The van der Waals surface area contributed by atoms with E-state index in [1.807, 2.05) is 61.5 Å². The molecule has 4 aromatic rings. The summed E-state index contributed by atoms with van der Waals surface area (Å²) < 4.78 is 12.0. The van der Waals surface area contributed by atoms with Gasteiger partial charge in [-0.05, 0) is 76.3 Å². The molecule has 0 aliphatic carbocycles. The zero-order chi connectivity index (χ0) is 29.1. The van der Waals surface area contributed by atoms with E-state index in [4.69, 9.17) is 9.47 Å². The number of hydrogen-bond acceptors (Lipinski definition) is 6. The second-order valence-corrected chi connectivity index (χ2v) is 11.2. The summed E-state index contributed by atoms with van der Waals surface area (Å²) in [4.78, 5) is 42.0. The van der Waals surface area contributed by atoms with Crippen LogP contribution in [0.15, 0.2) is 89.8 Å². The molecule has 0 bridgehead atoms. The third-order valence-electron chi connectivity index (χ3n) is 7.48. The molecule has 0 saturated carbocycles. The van der Waals surface area contributed by atoms with Crippen LogP contribution in [0.3, 0.4) is 0 Å². The van der Waals surface area contributed by atoms with Crippen molar-refractivity contribution < 1.29 is 23.9 Å². The van der Waals surface area contributed by atoms with E-state index in [0.29, 0.717) is 43.4 Å². The van der Waals surface area contributed by atoms with E-state index in [1.54, 1.807) is 17.0 Å². The molecule has 4 aromatic carbocycles. The Hall–Kier alpha value is -4.56. The Bertz CT molecular complexity index is 1710. The average Bonchev–Trinajstić information content (AvgIpc) is 3.27. The number of ether oxygens (including phenoxy) is 2. The third-order valence-corrected chi connectivity index (χ3v) is 8.39. The summed E-state index contributed by atoms with van der Waals surface area (Å²) in [6, 6.07) is 27.8. The van der Waals surface area contributed by atoms with Gasteiger partial charge in [0.2, 0.25) is 5.91 Å². The van der Waals surface area contributed by atoms with E-state index in [-0.39, 0.29) is 17.4 Å². The Kier molecular flexibility index (Phi) is 7.97. The molecule has 0 atom stereocenters. The van der Waals surface area contributed by atoms with Gasteiger partial charge in [-0.25, -0.2) is 0 Å². The summed E-state index contributed by atoms with van der Waals surface area (Å²) in [5.41, 5.74) is 4.09. The molecular weight excluding hydrogens is 548 g/mol. The fourth-order valence-electron chi connectivity index (χ4n) is 5.31. The zero-order valence-electron chi connectivity index (χ0n) is 23.2. The standard InChI is InChI=1S/C34H30N2O5S/c1-2-40-30-18-23(14-15-29(30)41-22-27-12-7-11-25-9-5-6-13-28(25)27)19-31-33(38)36(34(39)42-31)21-32(37)35-17-16-24-8-3-4-10-26(24)20-35/h3-15,18-19H,2,16-17,20-22H2,1H3/b31-19+. The second kappa shape index (κ2) is 12.1. The topological polar surface area (TPSA) is 76.2 Å². The molecular formula is C34H30N2O5S. The van der Waals surface area contributed by atoms with Crippen LogP contribution in [-0.2, 0) is 29.2 Å². The van der Waals surface area contributed by atoms with Crippen molar-refractivity contribution in [3.05, 3.63) is 112 Å². The number of carbonyl (C=O) groups is 3. The molecule has 212 valence electrons. The molecule has 0 N–H and O–H groups in total. The molecule has 0 spiro atoms. The molecule has 0 radical (unpaired) electrons. The summed E-state index contributed by atoms with van der Waals surface area (Å²) in [6.45, 7) is 3.48. The van der Waals surface area contributed by atoms with Gasteiger partial charge >= 0.3 is 0 Å². The number of benzene rings is 4. The van der Waals surface area contributed by atoms with E-state index >= 15 is 0 Å². The number of imide groups is 1. The molecule has 2 aliphatic rings. The molecule has 3 amide bonds. The van der Waals surface area contributed by atoms with E-state index in [9.17, 15) is 14.4 Å². The van der Waals surface area contributed by atoms with Gasteiger partial charge < -0.3 is 14.4 Å². The third kappa shape index (κ3) is 5.76. The lowest BCUT2D eigenvalue weighted by Crippen LogP contribution is -2.44. The highest BCUT2D eigenvalue weighted by molar-refractivity contribution is 8.18. The molecule has 0 aromatic heterocycles. The highest BCUT2D eigenvalue weighted by Crippen LogP contribution is 2.35. The molecule has 2 aliphatic heterocycles. The first-order chi connectivity index (χ1) is 20.5. The minimum Gasteiger partial charge on any atom is -0.490 e. The van der Waals surface area contributed by atoms with Gasteiger partial charge in [0.05, 0.1) is 11.5 Å². The predicted octanol–water partition coefficient (Wildman–Crippen LogP) is 6.44. The van der Waals surface area contributed by atoms with Crippen LogP contribution in [0, 0.1) is 0 Å². The second-order valence-electron chi connectivity index (χ2n) is 10.2. The number of amides is 3. The number of carbonyl (C=O) groups excluding carboxylic acids is 3. The van der Waals surface area contributed by atoms with E-state index in [1.165, 1.54) is 5.56 Å². The predicted molar refractivity (Wildman–Crippen MR) is 164 cm³/mol. The summed E-state index contributed by atoms with van der Waals surface area (Å²) in [7, 11) is 0. The van der Waals surface area contributed by atoms with Crippen LogP contribution in [0.5, 0.6) is 11.5 Å². The molecule has 0 unspecified atom stereocenters. The van der Waals surface area contributed by atoms with Crippen molar-refractivity contribution >= 4 is 45.7 Å². The van der Waals surface area contributed by atoms with Gasteiger partial charge in [-0.3, -0.25) is 19.3 Å². The molecule has 8 heteroatoms. The maximum atomic E-state index is 13.2. The van der Waals surface area contributed by atoms with Crippen molar-refractivity contribution in [2.45, 2.75) is 26.5 Å². The summed E-state index contributed by atoms with van der Waals surface area (Å²) in [6.07, 6.45) is 2.41. The fourth-order valence-corrected chi connectivity index (χ4v) is 6.15. The number of fused-ring (bicyclic) bond motifs is 2. The Labute approximate surface area is 248 Å². The van der Waals surface area contributed by atoms with Crippen molar-refractivity contribution in [1.82, 2.24) is 9.80 Å². The highest BCUT2D eigenvalue weighted by Gasteiger charge is 2.37. The Morgan fingerprint density at radius 1 is 0.905 bits per heavy atom. The average molecular weight is 579 g/mol. The minimum atomic E-state index is -0.468. The molecule has 7 nitrogen and oxygen atoms in total. The lowest BCUT2D eigenvalue weighted by molar-refractivity contribution is -0.136. The molecule has 6 rings (SSSR count). The number of nitrogens with zero attached hydrogens (tertiary/aromatic N) is 2. The zero-order valence-corrected chi connectivity index (χ0v) is 24.1. The van der Waals surface area contributed by atoms with Gasteiger partial charge in [0, 0.05) is 13.1 Å². The van der Waals surface area contributed by atoms with Crippen LogP contribution in [0.1, 0.15) is 29.2 Å². The first kappa shape index (κ1) is 27.6. The van der Waals surface area contributed by atoms with Gasteiger partial charge in [0.1, 0.15) is 13.2 Å². The SMILES string of the molecule is CCOc1cc(/C=C2/SC(=O)N(CC(=O)N3CCc4ccccc4C3)C2=O)ccc1OCc1cccc2ccccc12. The van der Waals surface area contributed by atoms with Crippen LogP contribution in [0.4, 0.5) is 4.79 Å². The largest absolute Gasteiger partial charge is 0.490 e. The Morgan fingerprint density at radius 2 is 1.69 bits per heavy atom. The van der Waals surface area contributed by atoms with Crippen LogP contribution >= 0.6 is 11.8 Å². The summed E-state index contributed by atoms with van der Waals surface area (Å²) in [5, 5.41) is 1.84. The first-order valence-electron chi connectivity index (χ1n) is 14.0. The quantitative estimate of drug-likeness (QED) is 0.224. The van der Waals surface area contributed by atoms with E-state index < -0.39 is 11.1 Å². The first-order valence-corrected chi connectivity index (χ1v) is 14.8.